The number of rotatable bonds is 6. The number of ether oxygens (including phenoxy) is 1. The van der Waals surface area contributed by atoms with Gasteiger partial charge in [-0.2, -0.15) is 0 Å². The Kier molecular flexibility index (Phi) is 6.75. The van der Waals surface area contributed by atoms with Crippen LogP contribution in [0.4, 0.5) is 11.8 Å². The quantitative estimate of drug-likeness (QED) is 0.508. The van der Waals surface area contributed by atoms with Crippen LogP contribution in [0, 0.1) is 0 Å². The average molecular weight is 481 g/mol. The van der Waals surface area contributed by atoms with E-state index >= 15 is 0 Å². The van der Waals surface area contributed by atoms with E-state index in [4.69, 9.17) is 20.4 Å². The highest BCUT2D eigenvalue weighted by atomic mass is 16.5. The van der Waals surface area contributed by atoms with E-state index in [0.717, 1.165) is 74.2 Å². The van der Waals surface area contributed by atoms with Crippen molar-refractivity contribution in [2.45, 2.75) is 6.54 Å². The van der Waals surface area contributed by atoms with Gasteiger partial charge in [0.1, 0.15) is 0 Å². The number of nitrogens with two attached hydrogens (primary N) is 1. The highest BCUT2D eigenvalue weighted by molar-refractivity contribution is 5.78. The summed E-state index contributed by atoms with van der Waals surface area (Å²) in [5.74, 6) is 1.24. The summed E-state index contributed by atoms with van der Waals surface area (Å²) >= 11 is 0. The zero-order valence-corrected chi connectivity index (χ0v) is 20.3. The SMILES string of the molecule is CN(C)CC(=O)N1CCN(Cc2cn3cc(-c4cnc(N)nc4)nc(N4CCOCC4)c3n2)CC1. The number of nitrogen functional groups attached to an aromatic ring is 1. The molecule has 1 amide bonds. The average Bonchev–Trinajstić information content (AvgIpc) is 3.26. The Balaban J connectivity index is 1.37. The van der Waals surface area contributed by atoms with E-state index in [1.54, 1.807) is 12.4 Å². The largest absolute Gasteiger partial charge is 0.378 e. The second-order valence-corrected chi connectivity index (χ2v) is 9.24. The summed E-state index contributed by atoms with van der Waals surface area (Å²) in [6, 6.07) is 0. The first kappa shape index (κ1) is 23.4. The Morgan fingerprint density at radius 3 is 2.43 bits per heavy atom. The van der Waals surface area contributed by atoms with E-state index in [2.05, 4.69) is 26.0 Å². The molecule has 35 heavy (non-hydrogen) atoms. The molecule has 5 heterocycles. The molecule has 0 saturated carbocycles. The van der Waals surface area contributed by atoms with Gasteiger partial charge in [0, 0.05) is 76.2 Å². The van der Waals surface area contributed by atoms with E-state index in [9.17, 15) is 4.79 Å². The minimum Gasteiger partial charge on any atom is -0.378 e. The Morgan fingerprint density at radius 2 is 1.74 bits per heavy atom. The normalized spacial score (nSPS) is 17.5. The number of anilines is 2. The molecule has 2 saturated heterocycles. The van der Waals surface area contributed by atoms with Gasteiger partial charge < -0.3 is 29.6 Å². The smallest absolute Gasteiger partial charge is 0.236 e. The molecule has 2 aliphatic heterocycles. The van der Waals surface area contributed by atoms with Crippen LogP contribution >= 0.6 is 0 Å². The van der Waals surface area contributed by atoms with Gasteiger partial charge in [0.2, 0.25) is 11.9 Å². The van der Waals surface area contributed by atoms with Crippen molar-refractivity contribution >= 4 is 23.3 Å². The van der Waals surface area contributed by atoms with Crippen LogP contribution in [-0.4, -0.2) is 118 Å². The number of imidazole rings is 1. The fourth-order valence-electron chi connectivity index (χ4n) is 4.46. The predicted molar refractivity (Wildman–Crippen MR) is 132 cm³/mol. The number of piperazine rings is 1. The molecular formula is C23H32N10O2. The molecule has 5 rings (SSSR count). The van der Waals surface area contributed by atoms with Gasteiger partial charge in [-0.15, -0.1) is 0 Å². The van der Waals surface area contributed by atoms with Crippen LogP contribution in [-0.2, 0) is 16.1 Å². The number of morpholine rings is 1. The molecule has 0 bridgehead atoms. The minimum atomic E-state index is 0.183. The lowest BCUT2D eigenvalue weighted by molar-refractivity contribution is -0.133. The second-order valence-electron chi connectivity index (χ2n) is 9.24. The molecule has 0 radical (unpaired) electrons. The number of aromatic nitrogens is 5. The third kappa shape index (κ3) is 5.34. The molecule has 0 aliphatic carbocycles. The first-order valence-corrected chi connectivity index (χ1v) is 11.9. The van der Waals surface area contributed by atoms with E-state index in [0.29, 0.717) is 19.8 Å². The second kappa shape index (κ2) is 10.1. The van der Waals surface area contributed by atoms with Crippen LogP contribution in [0.1, 0.15) is 5.69 Å². The number of nitrogens with zero attached hydrogens (tertiary/aromatic N) is 9. The van der Waals surface area contributed by atoms with Crippen LogP contribution in [0.25, 0.3) is 16.9 Å². The van der Waals surface area contributed by atoms with Crippen LogP contribution in [0.2, 0.25) is 0 Å². The zero-order valence-electron chi connectivity index (χ0n) is 20.3. The number of hydrogen-bond donors (Lipinski definition) is 1. The van der Waals surface area contributed by atoms with Crippen LogP contribution in [0.5, 0.6) is 0 Å². The van der Waals surface area contributed by atoms with E-state index in [1.807, 2.05) is 34.5 Å². The summed E-state index contributed by atoms with van der Waals surface area (Å²) in [5.41, 5.74) is 9.02. The van der Waals surface area contributed by atoms with Crippen molar-refractivity contribution in [3.05, 3.63) is 30.5 Å². The Bertz CT molecular complexity index is 1170. The van der Waals surface area contributed by atoms with Crippen LogP contribution in [0.15, 0.2) is 24.8 Å². The van der Waals surface area contributed by atoms with E-state index < -0.39 is 0 Å². The van der Waals surface area contributed by atoms with Crippen molar-refractivity contribution in [1.82, 2.24) is 39.0 Å². The van der Waals surface area contributed by atoms with Gasteiger partial charge in [0.25, 0.3) is 0 Å². The maximum Gasteiger partial charge on any atom is 0.236 e. The highest BCUT2D eigenvalue weighted by Gasteiger charge is 2.23. The Morgan fingerprint density at radius 1 is 1.03 bits per heavy atom. The third-order valence-electron chi connectivity index (χ3n) is 6.31. The number of carbonyl (C=O) groups excluding carboxylic acids is 1. The molecule has 0 unspecified atom stereocenters. The first-order valence-electron chi connectivity index (χ1n) is 11.9. The molecular weight excluding hydrogens is 448 g/mol. The van der Waals surface area contributed by atoms with Crippen molar-refractivity contribution < 1.29 is 9.53 Å². The lowest BCUT2D eigenvalue weighted by atomic mass is 10.2. The van der Waals surface area contributed by atoms with Gasteiger partial charge in [-0.25, -0.2) is 19.9 Å². The number of hydrogen-bond acceptors (Lipinski definition) is 10. The lowest BCUT2D eigenvalue weighted by Gasteiger charge is -2.34. The molecule has 12 nitrogen and oxygen atoms in total. The summed E-state index contributed by atoms with van der Waals surface area (Å²) < 4.78 is 7.58. The van der Waals surface area contributed by atoms with Gasteiger partial charge in [-0.05, 0) is 14.1 Å². The fraction of sp³-hybridized carbons (Fsp3) is 0.522. The molecule has 12 heteroatoms. The van der Waals surface area contributed by atoms with Crippen LogP contribution in [0.3, 0.4) is 0 Å². The fourth-order valence-corrected chi connectivity index (χ4v) is 4.46. The monoisotopic (exact) mass is 480 g/mol. The summed E-state index contributed by atoms with van der Waals surface area (Å²) in [5, 5.41) is 0. The molecule has 2 aliphatic rings. The van der Waals surface area contributed by atoms with Gasteiger partial charge >= 0.3 is 0 Å². The maximum atomic E-state index is 12.4. The van der Waals surface area contributed by atoms with E-state index in [-0.39, 0.29) is 11.9 Å². The van der Waals surface area contributed by atoms with Gasteiger partial charge in [-0.3, -0.25) is 9.69 Å². The molecule has 0 spiro atoms. The third-order valence-corrected chi connectivity index (χ3v) is 6.31. The van der Waals surface area contributed by atoms with Crippen molar-refractivity contribution in [3.8, 4) is 11.3 Å². The van der Waals surface area contributed by atoms with Crippen molar-refractivity contribution in [2.75, 3.05) is 83.8 Å². The van der Waals surface area contributed by atoms with Gasteiger partial charge in [-0.1, -0.05) is 0 Å². The van der Waals surface area contributed by atoms with Crippen LogP contribution < -0.4 is 10.6 Å². The summed E-state index contributed by atoms with van der Waals surface area (Å²) in [6.07, 6.45) is 7.40. The number of amides is 1. The molecule has 2 N–H and O–H groups in total. The predicted octanol–water partition coefficient (Wildman–Crippen LogP) is -0.189. The first-order chi connectivity index (χ1) is 17.0. The van der Waals surface area contributed by atoms with Crippen molar-refractivity contribution in [1.29, 1.82) is 0 Å². The number of likely N-dealkylation sites (N-methyl/N-ethyl adjacent to an activating group) is 1. The van der Waals surface area contributed by atoms with Gasteiger partial charge in [0.15, 0.2) is 11.5 Å². The topological polar surface area (TPSA) is 121 Å². The summed E-state index contributed by atoms with van der Waals surface area (Å²) in [4.78, 5) is 38.9. The zero-order chi connectivity index (χ0) is 24.4. The number of fused-ring (bicyclic) bond motifs is 1. The summed E-state index contributed by atoms with van der Waals surface area (Å²) in [6.45, 7) is 7.15. The standard InChI is InChI=1S/C23H32N10O2/c1-29(2)16-20(34)31-5-3-30(4-6-31)13-18-14-33-15-19(17-11-25-23(24)26-12-17)28-22(21(33)27-18)32-7-9-35-10-8-32/h11-12,14-15H,3-10,13,16H2,1-2H3,(H2,24,25,26). The Hall–Kier alpha value is -3.35. The van der Waals surface area contributed by atoms with Crippen molar-refractivity contribution in [2.24, 2.45) is 0 Å². The Labute approximate surface area is 204 Å². The molecule has 3 aromatic rings. The van der Waals surface area contributed by atoms with E-state index in [1.165, 1.54) is 0 Å². The lowest BCUT2D eigenvalue weighted by Crippen LogP contribution is -2.50. The molecule has 0 aromatic carbocycles. The molecule has 2 fully saturated rings. The molecule has 186 valence electrons. The molecule has 3 aromatic heterocycles. The highest BCUT2D eigenvalue weighted by Crippen LogP contribution is 2.26. The minimum absolute atomic E-state index is 0.183. The summed E-state index contributed by atoms with van der Waals surface area (Å²) in [7, 11) is 3.84. The maximum absolute atomic E-state index is 12.4. The van der Waals surface area contributed by atoms with Crippen molar-refractivity contribution in [3.63, 3.8) is 0 Å². The van der Waals surface area contributed by atoms with Gasteiger partial charge in [0.05, 0.1) is 31.1 Å². The number of carbonyl (C=O) groups is 1. The molecule has 0 atom stereocenters.